The lowest BCUT2D eigenvalue weighted by Gasteiger charge is -2.29. The number of rotatable bonds is 6. The molecule has 4 aromatic rings. The largest absolute Gasteiger partial charge is 0.475 e. The minimum atomic E-state index is -4.43. The van der Waals surface area contributed by atoms with Crippen molar-refractivity contribution < 1.29 is 23.1 Å². The van der Waals surface area contributed by atoms with Gasteiger partial charge in [-0.2, -0.15) is 13.2 Å². The maximum absolute atomic E-state index is 13.2. The lowest BCUT2D eigenvalue weighted by molar-refractivity contribution is -0.137. The number of halogens is 3. The van der Waals surface area contributed by atoms with Crippen LogP contribution in [0.1, 0.15) is 54.0 Å². The first-order valence-electron chi connectivity index (χ1n) is 12.5. The second-order valence-electron chi connectivity index (χ2n) is 10.1. The molecule has 1 aliphatic rings. The van der Waals surface area contributed by atoms with Crippen LogP contribution < -0.4 is 4.90 Å². The molecular formula is C28H28F3N5O2. The van der Waals surface area contributed by atoms with E-state index in [2.05, 4.69) is 28.7 Å². The third-order valence-electron chi connectivity index (χ3n) is 7.01. The number of carboxylic acid groups (broad SMARTS) is 1. The van der Waals surface area contributed by atoms with Crippen LogP contribution in [0.5, 0.6) is 0 Å². The van der Waals surface area contributed by atoms with Gasteiger partial charge in [0.25, 0.3) is 0 Å². The molecule has 10 heteroatoms. The molecule has 1 aliphatic heterocycles. The molecule has 198 valence electrons. The maximum Gasteiger partial charge on any atom is 0.416 e. The van der Waals surface area contributed by atoms with Crippen molar-refractivity contribution in [3.63, 3.8) is 0 Å². The number of alkyl halides is 3. The van der Waals surface area contributed by atoms with E-state index in [0.717, 1.165) is 36.1 Å². The molecule has 0 spiro atoms. The van der Waals surface area contributed by atoms with Crippen LogP contribution in [0.3, 0.4) is 0 Å². The molecule has 1 atom stereocenters. The van der Waals surface area contributed by atoms with Crippen LogP contribution in [0.2, 0.25) is 0 Å². The Morgan fingerprint density at radius 1 is 1.11 bits per heavy atom. The van der Waals surface area contributed by atoms with Gasteiger partial charge in [0.1, 0.15) is 11.3 Å². The summed E-state index contributed by atoms with van der Waals surface area (Å²) in [7, 11) is 0. The van der Waals surface area contributed by atoms with Gasteiger partial charge in [0.15, 0.2) is 11.5 Å². The number of imidazole rings is 1. The molecule has 1 fully saturated rings. The second kappa shape index (κ2) is 9.74. The quantitative estimate of drug-likeness (QED) is 0.324. The van der Waals surface area contributed by atoms with Crippen molar-refractivity contribution in [3.8, 4) is 11.4 Å². The number of hydrogen-bond donors (Lipinski definition) is 1. The van der Waals surface area contributed by atoms with Gasteiger partial charge in [0.05, 0.1) is 5.56 Å². The average Bonchev–Trinajstić information content (AvgIpc) is 3.49. The van der Waals surface area contributed by atoms with E-state index in [1.807, 2.05) is 35.8 Å². The second-order valence-corrected chi connectivity index (χ2v) is 10.1. The predicted molar refractivity (Wildman–Crippen MR) is 138 cm³/mol. The van der Waals surface area contributed by atoms with Crippen LogP contribution in [-0.2, 0) is 12.7 Å². The van der Waals surface area contributed by atoms with E-state index in [9.17, 15) is 23.1 Å². The maximum atomic E-state index is 13.2. The zero-order valence-electron chi connectivity index (χ0n) is 21.3. The molecule has 3 heterocycles. The highest BCUT2D eigenvalue weighted by Crippen LogP contribution is 2.36. The fraction of sp³-hybridized carbons (Fsp3) is 0.357. The van der Waals surface area contributed by atoms with Gasteiger partial charge in [-0.25, -0.2) is 19.7 Å². The summed E-state index contributed by atoms with van der Waals surface area (Å²) in [5, 5.41) is 9.77. The first-order chi connectivity index (χ1) is 18.0. The number of fused-ring (bicyclic) bond motifs is 1. The van der Waals surface area contributed by atoms with Gasteiger partial charge < -0.3 is 14.6 Å². The zero-order valence-corrected chi connectivity index (χ0v) is 21.3. The van der Waals surface area contributed by atoms with Crippen molar-refractivity contribution in [1.29, 1.82) is 0 Å². The van der Waals surface area contributed by atoms with E-state index in [-0.39, 0.29) is 24.1 Å². The summed E-state index contributed by atoms with van der Waals surface area (Å²) in [4.78, 5) is 27.6. The van der Waals surface area contributed by atoms with Gasteiger partial charge in [-0.05, 0) is 49.4 Å². The Bertz CT molecular complexity index is 1500. The Morgan fingerprint density at radius 3 is 2.47 bits per heavy atom. The average molecular weight is 524 g/mol. The topological polar surface area (TPSA) is 84.1 Å². The van der Waals surface area contributed by atoms with Gasteiger partial charge in [0.2, 0.25) is 5.82 Å². The van der Waals surface area contributed by atoms with Gasteiger partial charge >= 0.3 is 12.1 Å². The number of hydrogen-bond acceptors (Lipinski definition) is 5. The Kier molecular flexibility index (Phi) is 6.58. The van der Waals surface area contributed by atoms with E-state index >= 15 is 0 Å². The van der Waals surface area contributed by atoms with E-state index in [4.69, 9.17) is 4.98 Å². The molecule has 0 bridgehead atoms. The van der Waals surface area contributed by atoms with Crippen molar-refractivity contribution in [2.45, 2.75) is 52.4 Å². The van der Waals surface area contributed by atoms with E-state index in [1.54, 1.807) is 0 Å². The first kappa shape index (κ1) is 25.7. The molecule has 0 saturated carbocycles. The van der Waals surface area contributed by atoms with Crippen LogP contribution in [0, 0.1) is 12.8 Å². The lowest BCUT2D eigenvalue weighted by Crippen LogP contribution is -2.35. The molecule has 0 radical (unpaired) electrons. The molecule has 5 rings (SSSR count). The molecule has 2 aromatic carbocycles. The van der Waals surface area contributed by atoms with Gasteiger partial charge in [0, 0.05) is 24.7 Å². The SMILES string of the molecule is Cc1cccc(-c2nc3nc(C(=O)O)nc(N4CCCC4C(C)C)c3n2Cc2ccc(C(F)(F)F)cc2)c1. The fourth-order valence-electron chi connectivity index (χ4n) is 5.20. The van der Waals surface area contributed by atoms with Crippen LogP contribution in [0.15, 0.2) is 48.5 Å². The third-order valence-corrected chi connectivity index (χ3v) is 7.01. The lowest BCUT2D eigenvalue weighted by atomic mass is 10.0. The number of nitrogens with zero attached hydrogens (tertiary/aromatic N) is 5. The molecule has 1 unspecified atom stereocenters. The Labute approximate surface area is 218 Å². The van der Waals surface area contributed by atoms with Crippen LogP contribution in [0.4, 0.5) is 19.0 Å². The van der Waals surface area contributed by atoms with Gasteiger partial charge in [-0.1, -0.05) is 49.7 Å². The standard InChI is InChI=1S/C28H28F3N5O2/c1-16(2)21-8-5-13-35(21)26-22-23(32-24(34-26)27(37)38)33-25(19-7-4-6-17(3)14-19)36(22)15-18-9-11-20(12-10-18)28(29,30)31/h4,6-7,9-12,14,16,21H,5,8,13,15H2,1-3H3,(H,37,38). The predicted octanol–water partition coefficient (Wildman–Crippen LogP) is 6.19. The zero-order chi connectivity index (χ0) is 27.2. The van der Waals surface area contributed by atoms with E-state index in [1.165, 1.54) is 12.1 Å². The van der Waals surface area contributed by atoms with Crippen LogP contribution in [-0.4, -0.2) is 43.2 Å². The number of benzene rings is 2. The fourth-order valence-corrected chi connectivity index (χ4v) is 5.20. The number of aromatic nitrogens is 4. The molecule has 1 saturated heterocycles. The van der Waals surface area contributed by atoms with Crippen LogP contribution >= 0.6 is 0 Å². The summed E-state index contributed by atoms with van der Waals surface area (Å²) in [5.41, 5.74) is 2.53. The molecule has 0 aliphatic carbocycles. The molecule has 2 aromatic heterocycles. The minimum Gasteiger partial charge on any atom is -0.475 e. The first-order valence-corrected chi connectivity index (χ1v) is 12.5. The van der Waals surface area contributed by atoms with Crippen molar-refractivity contribution >= 4 is 23.0 Å². The summed E-state index contributed by atoms with van der Waals surface area (Å²) in [6.45, 7) is 7.12. The Hall–Kier alpha value is -3.95. The normalized spacial score (nSPS) is 16.1. The third kappa shape index (κ3) is 4.82. The van der Waals surface area contributed by atoms with Gasteiger partial charge in [-0.3, -0.25) is 0 Å². The summed E-state index contributed by atoms with van der Waals surface area (Å²) < 4.78 is 41.4. The summed E-state index contributed by atoms with van der Waals surface area (Å²) >= 11 is 0. The smallest absolute Gasteiger partial charge is 0.416 e. The Morgan fingerprint density at radius 2 is 1.84 bits per heavy atom. The highest BCUT2D eigenvalue weighted by molar-refractivity contribution is 5.92. The van der Waals surface area contributed by atoms with Crippen molar-refractivity contribution in [2.24, 2.45) is 5.92 Å². The van der Waals surface area contributed by atoms with E-state index < -0.39 is 17.7 Å². The number of carboxylic acids is 1. The van der Waals surface area contributed by atoms with Crippen molar-refractivity contribution in [2.75, 3.05) is 11.4 Å². The molecule has 0 amide bonds. The van der Waals surface area contributed by atoms with E-state index in [0.29, 0.717) is 35.2 Å². The molecule has 1 N–H and O–H groups in total. The van der Waals surface area contributed by atoms with Gasteiger partial charge in [-0.15, -0.1) is 0 Å². The highest BCUT2D eigenvalue weighted by atomic mass is 19.4. The van der Waals surface area contributed by atoms with Crippen molar-refractivity contribution in [1.82, 2.24) is 19.5 Å². The van der Waals surface area contributed by atoms with Crippen molar-refractivity contribution in [3.05, 3.63) is 71.0 Å². The number of anilines is 1. The monoisotopic (exact) mass is 523 g/mol. The summed E-state index contributed by atoms with van der Waals surface area (Å²) in [5.74, 6) is -0.248. The number of aromatic carboxylic acids is 1. The summed E-state index contributed by atoms with van der Waals surface area (Å²) in [6, 6.07) is 12.9. The number of carbonyl (C=O) groups is 1. The Balaban J connectivity index is 1.75. The highest BCUT2D eigenvalue weighted by Gasteiger charge is 2.33. The molecule has 7 nitrogen and oxygen atoms in total. The molecular weight excluding hydrogens is 495 g/mol. The summed E-state index contributed by atoms with van der Waals surface area (Å²) in [6.07, 6.45) is -2.54. The van der Waals surface area contributed by atoms with Crippen LogP contribution in [0.25, 0.3) is 22.6 Å². The minimum absolute atomic E-state index is 0.159. The number of aryl methyl sites for hydroxylation is 1. The molecule has 38 heavy (non-hydrogen) atoms.